The zero-order chi connectivity index (χ0) is 22.7. The second kappa shape index (κ2) is 8.64. The Balaban J connectivity index is 2.76. The first kappa shape index (κ1) is 23.1. The van der Waals surface area contributed by atoms with Crippen LogP contribution in [0.15, 0.2) is 53.9 Å². The van der Waals surface area contributed by atoms with E-state index in [1.165, 1.54) is 30.5 Å². The van der Waals surface area contributed by atoms with E-state index in [-0.39, 0.29) is 22.7 Å². The van der Waals surface area contributed by atoms with Crippen LogP contribution in [0.4, 0.5) is 18.9 Å². The van der Waals surface area contributed by atoms with Gasteiger partial charge in [-0.3, -0.25) is 0 Å². The Hall–Kier alpha value is -3.23. The lowest BCUT2D eigenvalue weighted by Gasteiger charge is -2.27. The Labute approximate surface area is 172 Å². The van der Waals surface area contributed by atoms with Crippen LogP contribution in [0.25, 0.3) is 0 Å². The van der Waals surface area contributed by atoms with Gasteiger partial charge < -0.3 is 19.1 Å². The van der Waals surface area contributed by atoms with Gasteiger partial charge in [-0.2, -0.15) is 13.2 Å². The van der Waals surface area contributed by atoms with Crippen LogP contribution in [0, 0.1) is 0 Å². The molecule has 0 atom stereocenters. The van der Waals surface area contributed by atoms with Crippen LogP contribution >= 0.6 is 0 Å². The number of methoxy groups -OCH3 is 2. The quantitative estimate of drug-likeness (QED) is 0.668. The van der Waals surface area contributed by atoms with Gasteiger partial charge in [-0.25, -0.2) is 9.59 Å². The minimum Gasteiger partial charge on any atom is -0.488 e. The molecule has 0 fully saturated rings. The van der Waals surface area contributed by atoms with E-state index in [0.29, 0.717) is 0 Å². The lowest BCUT2D eigenvalue weighted by atomic mass is 10.1. The molecule has 0 bridgehead atoms. The molecule has 0 amide bonds. The number of anilines is 1. The standard InChI is InChI=1S/C21H22F3NO5/c1-20(2,3)30-15-11-13(21(22,23)24)10-14(12-15)25-9-7-6-8-16(18(26)28-4)17(25)19(27)29-5/h6-12H,1-5H3. The van der Waals surface area contributed by atoms with Crippen molar-refractivity contribution >= 4 is 17.6 Å². The molecule has 0 unspecified atom stereocenters. The van der Waals surface area contributed by atoms with Crippen molar-refractivity contribution in [2.75, 3.05) is 19.1 Å². The highest BCUT2D eigenvalue weighted by Crippen LogP contribution is 2.38. The lowest BCUT2D eigenvalue weighted by Crippen LogP contribution is -2.28. The molecule has 1 aromatic carbocycles. The molecule has 6 nitrogen and oxygen atoms in total. The molecule has 9 heteroatoms. The average Bonchev–Trinajstić information content (AvgIpc) is 2.87. The lowest BCUT2D eigenvalue weighted by molar-refractivity contribution is -0.139. The van der Waals surface area contributed by atoms with Crippen molar-refractivity contribution in [2.45, 2.75) is 32.5 Å². The summed E-state index contributed by atoms with van der Waals surface area (Å²) in [5.74, 6) is -1.83. The van der Waals surface area contributed by atoms with E-state index < -0.39 is 29.3 Å². The van der Waals surface area contributed by atoms with Gasteiger partial charge in [-0.1, -0.05) is 6.08 Å². The molecule has 1 aromatic rings. The monoisotopic (exact) mass is 425 g/mol. The Morgan fingerprint density at radius 2 is 1.57 bits per heavy atom. The Bertz CT molecular complexity index is 924. The van der Waals surface area contributed by atoms with Crippen molar-refractivity contribution in [1.82, 2.24) is 0 Å². The van der Waals surface area contributed by atoms with E-state index in [9.17, 15) is 22.8 Å². The Morgan fingerprint density at radius 1 is 0.933 bits per heavy atom. The van der Waals surface area contributed by atoms with Crippen molar-refractivity contribution in [2.24, 2.45) is 0 Å². The first-order valence-corrected chi connectivity index (χ1v) is 8.83. The van der Waals surface area contributed by atoms with Crippen LogP contribution in [0.5, 0.6) is 5.75 Å². The normalized spacial score (nSPS) is 14.5. The zero-order valence-corrected chi connectivity index (χ0v) is 17.2. The fourth-order valence-electron chi connectivity index (χ4n) is 2.66. The number of ether oxygens (including phenoxy) is 3. The third-order valence-corrected chi connectivity index (χ3v) is 3.81. The number of allylic oxidation sites excluding steroid dienone is 2. The van der Waals surface area contributed by atoms with Crippen molar-refractivity contribution in [3.05, 3.63) is 59.5 Å². The molecule has 0 aliphatic carbocycles. The summed E-state index contributed by atoms with van der Waals surface area (Å²) in [7, 11) is 2.22. The van der Waals surface area contributed by atoms with E-state index in [1.807, 2.05) is 0 Å². The van der Waals surface area contributed by atoms with Gasteiger partial charge in [-0.05, 0) is 45.1 Å². The minimum atomic E-state index is -4.67. The number of esters is 2. The first-order valence-electron chi connectivity index (χ1n) is 8.83. The number of carbonyl (C=O) groups excluding carboxylic acids is 2. The predicted octanol–water partition coefficient (Wildman–Crippen LogP) is 4.37. The highest BCUT2D eigenvalue weighted by atomic mass is 19.4. The van der Waals surface area contributed by atoms with E-state index in [0.717, 1.165) is 31.3 Å². The van der Waals surface area contributed by atoms with Crippen molar-refractivity contribution in [3.63, 3.8) is 0 Å². The van der Waals surface area contributed by atoms with Crippen molar-refractivity contribution < 1.29 is 37.0 Å². The summed E-state index contributed by atoms with van der Waals surface area (Å²) >= 11 is 0. The van der Waals surface area contributed by atoms with E-state index >= 15 is 0 Å². The molecule has 0 saturated carbocycles. The van der Waals surface area contributed by atoms with Gasteiger partial charge in [0.15, 0.2) is 0 Å². The molecule has 162 valence electrons. The van der Waals surface area contributed by atoms with Gasteiger partial charge in [0.1, 0.15) is 17.0 Å². The van der Waals surface area contributed by atoms with Gasteiger partial charge in [0.25, 0.3) is 0 Å². The topological polar surface area (TPSA) is 65.1 Å². The van der Waals surface area contributed by atoms with E-state index in [2.05, 4.69) is 0 Å². The number of carbonyl (C=O) groups is 2. The summed E-state index contributed by atoms with van der Waals surface area (Å²) in [6, 6.07) is 3.06. The summed E-state index contributed by atoms with van der Waals surface area (Å²) in [6.07, 6.45) is 0.906. The molecular weight excluding hydrogens is 403 g/mol. The summed E-state index contributed by atoms with van der Waals surface area (Å²) in [5, 5.41) is 0. The molecule has 1 aliphatic rings. The number of halogens is 3. The third-order valence-electron chi connectivity index (χ3n) is 3.81. The Morgan fingerprint density at radius 3 is 2.10 bits per heavy atom. The molecule has 1 aliphatic heterocycles. The minimum absolute atomic E-state index is 0.0502. The summed E-state index contributed by atoms with van der Waals surface area (Å²) in [4.78, 5) is 25.8. The van der Waals surface area contributed by atoms with Crippen LogP contribution in [0.1, 0.15) is 26.3 Å². The van der Waals surface area contributed by atoms with E-state index in [4.69, 9.17) is 14.2 Å². The maximum Gasteiger partial charge on any atom is 0.416 e. The highest BCUT2D eigenvalue weighted by molar-refractivity contribution is 6.05. The molecule has 0 N–H and O–H groups in total. The second-order valence-electron chi connectivity index (χ2n) is 7.24. The maximum absolute atomic E-state index is 13.5. The summed E-state index contributed by atoms with van der Waals surface area (Å²) in [6.45, 7) is 5.08. The first-order chi connectivity index (χ1) is 13.9. The molecule has 0 saturated heterocycles. The third kappa shape index (κ3) is 5.43. The van der Waals surface area contributed by atoms with Crippen molar-refractivity contribution in [1.29, 1.82) is 0 Å². The number of rotatable bonds is 4. The predicted molar refractivity (Wildman–Crippen MR) is 104 cm³/mol. The van der Waals surface area contributed by atoms with Crippen LogP contribution in [-0.2, 0) is 25.2 Å². The molecule has 0 radical (unpaired) electrons. The largest absolute Gasteiger partial charge is 0.488 e. The van der Waals surface area contributed by atoms with Crippen LogP contribution < -0.4 is 9.64 Å². The van der Waals surface area contributed by atoms with Crippen LogP contribution in [0.3, 0.4) is 0 Å². The number of nitrogens with zero attached hydrogens (tertiary/aromatic N) is 1. The van der Waals surface area contributed by atoms with Gasteiger partial charge in [0, 0.05) is 12.3 Å². The fraction of sp³-hybridized carbons (Fsp3) is 0.333. The molecule has 0 spiro atoms. The van der Waals surface area contributed by atoms with Crippen molar-refractivity contribution in [3.8, 4) is 5.75 Å². The zero-order valence-electron chi connectivity index (χ0n) is 17.2. The summed E-state index contributed by atoms with van der Waals surface area (Å²) < 4.78 is 55.7. The van der Waals surface area contributed by atoms with Crippen LogP contribution in [0.2, 0.25) is 0 Å². The fourth-order valence-corrected chi connectivity index (χ4v) is 2.66. The van der Waals surface area contributed by atoms with Gasteiger partial charge in [-0.15, -0.1) is 0 Å². The molecule has 0 aromatic heterocycles. The van der Waals surface area contributed by atoms with E-state index in [1.54, 1.807) is 20.8 Å². The number of hydrogen-bond acceptors (Lipinski definition) is 6. The molecule has 2 rings (SSSR count). The van der Waals surface area contributed by atoms with Gasteiger partial charge >= 0.3 is 18.1 Å². The highest BCUT2D eigenvalue weighted by Gasteiger charge is 2.34. The Kier molecular flexibility index (Phi) is 6.64. The average molecular weight is 425 g/mol. The number of benzene rings is 1. The molecule has 1 heterocycles. The molecule has 30 heavy (non-hydrogen) atoms. The number of alkyl halides is 3. The molecular formula is C21H22F3NO5. The van der Waals surface area contributed by atoms with Gasteiger partial charge in [0.05, 0.1) is 31.0 Å². The van der Waals surface area contributed by atoms with Crippen LogP contribution in [-0.4, -0.2) is 31.8 Å². The smallest absolute Gasteiger partial charge is 0.416 e. The summed E-state index contributed by atoms with van der Waals surface area (Å²) in [5.41, 5.74) is -2.27. The van der Waals surface area contributed by atoms with Gasteiger partial charge in [0.2, 0.25) is 0 Å². The SMILES string of the molecule is COC(=O)C1=C(C(=O)OC)N(c2cc(OC(C)(C)C)cc(C(F)(F)F)c2)C=CC=C1. The number of hydrogen-bond donors (Lipinski definition) is 0. The maximum atomic E-state index is 13.5. The second-order valence-corrected chi connectivity index (χ2v) is 7.24.